The summed E-state index contributed by atoms with van der Waals surface area (Å²) >= 11 is 0. The molecule has 1 aromatic carbocycles. The highest BCUT2D eigenvalue weighted by molar-refractivity contribution is 5.82. The molecular weight excluding hydrogens is 248 g/mol. The first-order valence-corrected chi connectivity index (χ1v) is 5.80. The third-order valence-corrected chi connectivity index (χ3v) is 2.75. The molecule has 0 aliphatic heterocycles. The molecule has 19 heavy (non-hydrogen) atoms. The molecule has 0 radical (unpaired) electrons. The zero-order valence-electron chi connectivity index (χ0n) is 11.2. The lowest BCUT2D eigenvalue weighted by molar-refractivity contribution is -0.134. The molecule has 0 aliphatic rings. The Morgan fingerprint density at radius 1 is 1.37 bits per heavy atom. The van der Waals surface area contributed by atoms with E-state index in [1.807, 2.05) is 0 Å². The number of aromatic hydroxyl groups is 1. The number of ether oxygens (including phenoxy) is 2. The summed E-state index contributed by atoms with van der Waals surface area (Å²) in [5.74, 6) is -0.464. The molecule has 2 atom stereocenters. The van der Waals surface area contributed by atoms with Crippen molar-refractivity contribution in [2.45, 2.75) is 18.9 Å². The summed E-state index contributed by atoms with van der Waals surface area (Å²) in [7, 11) is 2.78. The summed E-state index contributed by atoms with van der Waals surface area (Å²) in [6, 6.07) is 4.71. The number of esters is 1. The van der Waals surface area contributed by atoms with Gasteiger partial charge in [0.15, 0.2) is 0 Å². The Balaban J connectivity index is 3.12. The van der Waals surface area contributed by atoms with Gasteiger partial charge in [0.1, 0.15) is 11.5 Å². The Bertz CT molecular complexity index is 465. The van der Waals surface area contributed by atoms with Gasteiger partial charge < -0.3 is 19.7 Å². The Kier molecular flexibility index (Phi) is 5.38. The van der Waals surface area contributed by atoms with Gasteiger partial charge in [-0.2, -0.15) is 0 Å². The molecule has 0 heterocycles. The van der Waals surface area contributed by atoms with Crippen LogP contribution in [0.15, 0.2) is 30.4 Å². The molecule has 0 amide bonds. The topological polar surface area (TPSA) is 76.0 Å². The van der Waals surface area contributed by atoms with Crippen LogP contribution < -0.4 is 4.74 Å². The van der Waals surface area contributed by atoms with E-state index in [1.54, 1.807) is 19.1 Å². The smallest absolute Gasteiger partial charge is 0.330 e. The number of hydrogen-bond donors (Lipinski definition) is 2. The Labute approximate surface area is 112 Å². The lowest BCUT2D eigenvalue weighted by atomic mass is 9.92. The van der Waals surface area contributed by atoms with Crippen molar-refractivity contribution in [3.05, 3.63) is 35.9 Å². The SMILES string of the molecule is COC(=O)/C=C/C(c1cc(OC)ccc1O)C(C)O. The number of hydrogen-bond acceptors (Lipinski definition) is 5. The number of carbonyl (C=O) groups excluding carboxylic acids is 1. The second-order valence-electron chi connectivity index (χ2n) is 4.07. The van der Waals surface area contributed by atoms with Crippen LogP contribution in [-0.2, 0) is 9.53 Å². The summed E-state index contributed by atoms with van der Waals surface area (Å²) in [5, 5.41) is 19.6. The van der Waals surface area contributed by atoms with E-state index in [1.165, 1.54) is 32.4 Å². The number of benzene rings is 1. The molecule has 1 aromatic rings. The molecule has 5 heteroatoms. The molecule has 0 saturated heterocycles. The van der Waals surface area contributed by atoms with E-state index in [9.17, 15) is 15.0 Å². The van der Waals surface area contributed by atoms with E-state index in [0.717, 1.165) is 0 Å². The van der Waals surface area contributed by atoms with Crippen LogP contribution in [0.5, 0.6) is 11.5 Å². The molecule has 2 unspecified atom stereocenters. The third kappa shape index (κ3) is 3.99. The summed E-state index contributed by atoms with van der Waals surface area (Å²) in [5.41, 5.74) is 0.481. The minimum Gasteiger partial charge on any atom is -0.508 e. The van der Waals surface area contributed by atoms with E-state index >= 15 is 0 Å². The van der Waals surface area contributed by atoms with Crippen LogP contribution in [0, 0.1) is 0 Å². The van der Waals surface area contributed by atoms with Gasteiger partial charge in [-0.05, 0) is 25.1 Å². The van der Waals surface area contributed by atoms with Crippen molar-refractivity contribution in [1.82, 2.24) is 0 Å². The maximum absolute atomic E-state index is 11.1. The molecule has 0 aliphatic carbocycles. The van der Waals surface area contributed by atoms with Crippen molar-refractivity contribution >= 4 is 5.97 Å². The molecule has 2 N–H and O–H groups in total. The molecule has 0 spiro atoms. The Morgan fingerprint density at radius 3 is 2.58 bits per heavy atom. The normalized spacial score (nSPS) is 14.1. The molecule has 0 saturated carbocycles. The first kappa shape index (κ1) is 15.0. The maximum atomic E-state index is 11.1. The number of aliphatic hydroxyl groups excluding tert-OH is 1. The van der Waals surface area contributed by atoms with Gasteiger partial charge >= 0.3 is 5.97 Å². The van der Waals surface area contributed by atoms with Gasteiger partial charge in [-0.1, -0.05) is 6.08 Å². The van der Waals surface area contributed by atoms with Crippen molar-refractivity contribution in [3.63, 3.8) is 0 Å². The second kappa shape index (κ2) is 6.80. The number of carbonyl (C=O) groups is 1. The average molecular weight is 266 g/mol. The number of phenolic OH excluding ortho intramolecular Hbond substituents is 1. The fraction of sp³-hybridized carbons (Fsp3) is 0.357. The van der Waals surface area contributed by atoms with Crippen molar-refractivity contribution in [3.8, 4) is 11.5 Å². The highest BCUT2D eigenvalue weighted by Gasteiger charge is 2.19. The molecular formula is C14H18O5. The van der Waals surface area contributed by atoms with Crippen LogP contribution in [0.25, 0.3) is 0 Å². The highest BCUT2D eigenvalue weighted by Crippen LogP contribution is 2.32. The van der Waals surface area contributed by atoms with E-state index in [2.05, 4.69) is 4.74 Å². The predicted octanol–water partition coefficient (Wildman–Crippen LogP) is 1.59. The van der Waals surface area contributed by atoms with Gasteiger partial charge in [-0.3, -0.25) is 0 Å². The molecule has 0 fully saturated rings. The van der Waals surface area contributed by atoms with Crippen molar-refractivity contribution < 1.29 is 24.5 Å². The predicted molar refractivity (Wildman–Crippen MR) is 70.2 cm³/mol. The zero-order chi connectivity index (χ0) is 14.4. The fourth-order valence-corrected chi connectivity index (χ4v) is 1.70. The number of phenols is 1. The molecule has 1 rings (SSSR count). The van der Waals surface area contributed by atoms with E-state index in [4.69, 9.17) is 4.74 Å². The number of aliphatic hydroxyl groups is 1. The largest absolute Gasteiger partial charge is 0.508 e. The molecule has 0 bridgehead atoms. The average Bonchev–Trinajstić information content (AvgIpc) is 2.40. The van der Waals surface area contributed by atoms with Gasteiger partial charge in [-0.25, -0.2) is 4.79 Å². The second-order valence-corrected chi connectivity index (χ2v) is 4.07. The molecule has 0 aromatic heterocycles. The monoisotopic (exact) mass is 266 g/mol. The van der Waals surface area contributed by atoms with Crippen LogP contribution in [0.1, 0.15) is 18.4 Å². The summed E-state index contributed by atoms with van der Waals surface area (Å²) in [4.78, 5) is 11.1. The van der Waals surface area contributed by atoms with E-state index < -0.39 is 18.0 Å². The lowest BCUT2D eigenvalue weighted by Gasteiger charge is -2.18. The lowest BCUT2D eigenvalue weighted by Crippen LogP contribution is -2.13. The Morgan fingerprint density at radius 2 is 2.05 bits per heavy atom. The molecule has 104 valence electrons. The quantitative estimate of drug-likeness (QED) is 0.625. The minimum atomic E-state index is -0.779. The van der Waals surface area contributed by atoms with Crippen molar-refractivity contribution in [2.24, 2.45) is 0 Å². The minimum absolute atomic E-state index is 0.0289. The standard InChI is InChI=1S/C14H18O5/c1-9(15)11(5-7-14(17)19-3)12-8-10(18-2)4-6-13(12)16/h4-9,11,15-16H,1-3H3/b7-5+. The van der Waals surface area contributed by atoms with Crippen molar-refractivity contribution in [1.29, 1.82) is 0 Å². The number of methoxy groups -OCH3 is 2. The fourth-order valence-electron chi connectivity index (χ4n) is 1.70. The van der Waals surface area contributed by atoms with Gasteiger partial charge in [-0.15, -0.1) is 0 Å². The Hall–Kier alpha value is -2.01. The van der Waals surface area contributed by atoms with Gasteiger partial charge in [0.25, 0.3) is 0 Å². The first-order valence-electron chi connectivity index (χ1n) is 5.80. The summed E-state index contributed by atoms with van der Waals surface area (Å²) in [6.45, 7) is 1.57. The van der Waals surface area contributed by atoms with Gasteiger partial charge in [0.05, 0.1) is 20.3 Å². The van der Waals surface area contributed by atoms with Crippen molar-refractivity contribution in [2.75, 3.05) is 14.2 Å². The third-order valence-electron chi connectivity index (χ3n) is 2.75. The number of rotatable bonds is 5. The van der Waals surface area contributed by atoms with Crippen LogP contribution in [0.3, 0.4) is 0 Å². The highest BCUT2D eigenvalue weighted by atomic mass is 16.5. The first-order chi connectivity index (χ1) is 8.99. The van der Waals surface area contributed by atoms with Crippen LogP contribution >= 0.6 is 0 Å². The van der Waals surface area contributed by atoms with Gasteiger partial charge in [0.2, 0.25) is 0 Å². The summed E-state index contributed by atoms with van der Waals surface area (Å²) < 4.78 is 9.57. The van der Waals surface area contributed by atoms with E-state index in [0.29, 0.717) is 11.3 Å². The van der Waals surface area contributed by atoms with Crippen LogP contribution in [0.2, 0.25) is 0 Å². The molecule has 5 nitrogen and oxygen atoms in total. The van der Waals surface area contributed by atoms with Gasteiger partial charge in [0, 0.05) is 17.6 Å². The van der Waals surface area contributed by atoms with Crippen LogP contribution in [0.4, 0.5) is 0 Å². The maximum Gasteiger partial charge on any atom is 0.330 e. The van der Waals surface area contributed by atoms with Crippen LogP contribution in [-0.4, -0.2) is 36.5 Å². The summed E-state index contributed by atoms with van der Waals surface area (Å²) in [6.07, 6.45) is 1.93. The zero-order valence-corrected chi connectivity index (χ0v) is 11.2. The van der Waals surface area contributed by atoms with E-state index in [-0.39, 0.29) is 5.75 Å².